The Bertz CT molecular complexity index is 725. The molecule has 0 bridgehead atoms. The summed E-state index contributed by atoms with van der Waals surface area (Å²) in [5.41, 5.74) is 5.15. The maximum absolute atomic E-state index is 11.3. The van der Waals surface area contributed by atoms with Crippen LogP contribution in [0.1, 0.15) is 15.9 Å². The zero-order valence-electron chi connectivity index (χ0n) is 13.1. The number of rotatable bonds is 4. The molecule has 0 radical (unpaired) electrons. The average Bonchev–Trinajstić information content (AvgIpc) is 2.94. The fourth-order valence-electron chi connectivity index (χ4n) is 2.99. The highest BCUT2D eigenvalue weighted by molar-refractivity contribution is 5.86. The van der Waals surface area contributed by atoms with Gasteiger partial charge in [-0.1, -0.05) is 6.07 Å². The summed E-state index contributed by atoms with van der Waals surface area (Å²) in [5, 5.41) is 0. The highest BCUT2D eigenvalue weighted by atomic mass is 16.5. The number of hydrogen-bond acceptors (Lipinski definition) is 4. The van der Waals surface area contributed by atoms with Crippen LogP contribution in [0.25, 0.3) is 11.1 Å². The van der Waals surface area contributed by atoms with Gasteiger partial charge in [-0.2, -0.15) is 0 Å². The molecule has 2 aromatic rings. The van der Waals surface area contributed by atoms with Crippen molar-refractivity contribution < 1.29 is 14.3 Å². The Balaban J connectivity index is 2.11. The molecular weight excluding hydrogens is 278 g/mol. The van der Waals surface area contributed by atoms with E-state index in [0.29, 0.717) is 17.1 Å². The fourth-order valence-corrected chi connectivity index (χ4v) is 2.99. The van der Waals surface area contributed by atoms with Crippen LogP contribution in [0, 0.1) is 0 Å². The number of hydrogen-bond donors (Lipinski definition) is 0. The molecule has 0 unspecified atom stereocenters. The van der Waals surface area contributed by atoms with Crippen LogP contribution in [0.15, 0.2) is 30.3 Å². The van der Waals surface area contributed by atoms with Crippen molar-refractivity contribution >= 4 is 12.0 Å². The van der Waals surface area contributed by atoms with E-state index in [0.717, 1.165) is 30.4 Å². The van der Waals surface area contributed by atoms with E-state index in [9.17, 15) is 4.79 Å². The molecule has 3 rings (SSSR count). The summed E-state index contributed by atoms with van der Waals surface area (Å²) in [6.07, 6.45) is 1.85. The number of anilines is 1. The lowest BCUT2D eigenvalue weighted by Gasteiger charge is -2.14. The maximum atomic E-state index is 11.3. The van der Waals surface area contributed by atoms with Gasteiger partial charge in [0.15, 0.2) is 17.8 Å². The smallest absolute Gasteiger partial charge is 0.171 e. The summed E-state index contributed by atoms with van der Waals surface area (Å²) in [6.45, 7) is 1.05. The molecular formula is C18H19NO3. The lowest BCUT2D eigenvalue weighted by molar-refractivity contribution is 0.112. The number of likely N-dealkylation sites (N-methyl/N-ethyl adjacent to an activating group) is 1. The van der Waals surface area contributed by atoms with Crippen LogP contribution in [0.2, 0.25) is 0 Å². The molecule has 0 atom stereocenters. The maximum Gasteiger partial charge on any atom is 0.171 e. The van der Waals surface area contributed by atoms with Gasteiger partial charge in [-0.3, -0.25) is 4.79 Å². The second-order valence-corrected chi connectivity index (χ2v) is 5.43. The molecule has 0 N–H and O–H groups in total. The van der Waals surface area contributed by atoms with Gasteiger partial charge in [0.1, 0.15) is 0 Å². The van der Waals surface area contributed by atoms with Gasteiger partial charge in [0.25, 0.3) is 0 Å². The van der Waals surface area contributed by atoms with Gasteiger partial charge in [0, 0.05) is 19.3 Å². The third-order valence-corrected chi connectivity index (χ3v) is 4.18. The highest BCUT2D eigenvalue weighted by Gasteiger charge is 2.17. The molecule has 0 spiro atoms. The van der Waals surface area contributed by atoms with Gasteiger partial charge >= 0.3 is 0 Å². The Morgan fingerprint density at radius 2 is 1.91 bits per heavy atom. The molecule has 0 amide bonds. The topological polar surface area (TPSA) is 38.8 Å². The van der Waals surface area contributed by atoms with Crippen LogP contribution in [0.3, 0.4) is 0 Å². The second-order valence-electron chi connectivity index (χ2n) is 5.43. The van der Waals surface area contributed by atoms with Gasteiger partial charge in [0.2, 0.25) is 0 Å². The first-order chi connectivity index (χ1) is 10.7. The average molecular weight is 297 g/mol. The zero-order valence-corrected chi connectivity index (χ0v) is 13.1. The lowest BCUT2D eigenvalue weighted by Crippen LogP contribution is -2.12. The third kappa shape index (κ3) is 2.30. The zero-order chi connectivity index (χ0) is 15.7. The number of ether oxygens (including phenoxy) is 2. The predicted molar refractivity (Wildman–Crippen MR) is 87.3 cm³/mol. The lowest BCUT2D eigenvalue weighted by atomic mass is 9.99. The molecule has 2 aromatic carbocycles. The normalized spacial score (nSPS) is 13.0. The SMILES string of the molecule is COc1cc(-c2ccc3c(c2)CCN3C)cc(C=O)c1OC. The van der Waals surface area contributed by atoms with Gasteiger partial charge in [-0.25, -0.2) is 0 Å². The molecule has 0 fully saturated rings. The van der Waals surface area contributed by atoms with E-state index in [1.807, 2.05) is 12.1 Å². The van der Waals surface area contributed by atoms with Crippen molar-refractivity contribution in [2.24, 2.45) is 0 Å². The summed E-state index contributed by atoms with van der Waals surface area (Å²) in [6, 6.07) is 10.2. The van der Waals surface area contributed by atoms with Gasteiger partial charge in [-0.15, -0.1) is 0 Å². The van der Waals surface area contributed by atoms with Crippen molar-refractivity contribution in [2.45, 2.75) is 6.42 Å². The number of benzene rings is 2. The summed E-state index contributed by atoms with van der Waals surface area (Å²) in [4.78, 5) is 13.6. The van der Waals surface area contributed by atoms with E-state index in [1.54, 1.807) is 7.11 Å². The van der Waals surface area contributed by atoms with E-state index in [4.69, 9.17) is 9.47 Å². The number of nitrogens with zero attached hydrogens (tertiary/aromatic N) is 1. The minimum absolute atomic E-state index is 0.474. The minimum Gasteiger partial charge on any atom is -0.493 e. The Hall–Kier alpha value is -2.49. The fraction of sp³-hybridized carbons (Fsp3) is 0.278. The van der Waals surface area contributed by atoms with Crippen molar-refractivity contribution in [1.82, 2.24) is 0 Å². The van der Waals surface area contributed by atoms with Crippen LogP contribution < -0.4 is 14.4 Å². The molecule has 1 heterocycles. The van der Waals surface area contributed by atoms with Crippen LogP contribution >= 0.6 is 0 Å². The first-order valence-electron chi connectivity index (χ1n) is 7.23. The van der Waals surface area contributed by atoms with Crippen molar-refractivity contribution in [3.63, 3.8) is 0 Å². The summed E-state index contributed by atoms with van der Waals surface area (Å²) in [5.74, 6) is 1.04. The molecule has 0 aromatic heterocycles. The van der Waals surface area contributed by atoms with Crippen LogP contribution in [0.4, 0.5) is 5.69 Å². The van der Waals surface area contributed by atoms with Crippen LogP contribution in [-0.2, 0) is 6.42 Å². The first-order valence-corrected chi connectivity index (χ1v) is 7.23. The predicted octanol–water partition coefficient (Wildman–Crippen LogP) is 3.18. The Morgan fingerprint density at radius 1 is 1.09 bits per heavy atom. The van der Waals surface area contributed by atoms with Crippen LogP contribution in [0.5, 0.6) is 11.5 Å². The van der Waals surface area contributed by atoms with Gasteiger partial charge < -0.3 is 14.4 Å². The summed E-state index contributed by atoms with van der Waals surface area (Å²) in [7, 11) is 5.22. The molecule has 0 saturated heterocycles. The molecule has 4 nitrogen and oxygen atoms in total. The van der Waals surface area contributed by atoms with E-state index in [2.05, 4.69) is 30.1 Å². The molecule has 22 heavy (non-hydrogen) atoms. The Labute approximate surface area is 130 Å². The van der Waals surface area contributed by atoms with E-state index in [-0.39, 0.29) is 0 Å². The Morgan fingerprint density at radius 3 is 2.59 bits per heavy atom. The summed E-state index contributed by atoms with van der Waals surface area (Å²) >= 11 is 0. The van der Waals surface area contributed by atoms with E-state index >= 15 is 0 Å². The van der Waals surface area contributed by atoms with Crippen molar-refractivity contribution in [3.05, 3.63) is 41.5 Å². The number of methoxy groups -OCH3 is 2. The number of fused-ring (bicyclic) bond motifs is 1. The standard InChI is InChI=1S/C18H19NO3/c1-19-7-6-13-8-12(4-5-16(13)19)14-9-15(11-20)18(22-3)17(10-14)21-2/h4-5,8-11H,6-7H2,1-3H3. The van der Waals surface area contributed by atoms with Gasteiger partial charge in [-0.05, 0) is 47.4 Å². The van der Waals surface area contributed by atoms with Crippen molar-refractivity contribution in [3.8, 4) is 22.6 Å². The molecule has 4 heteroatoms. The largest absolute Gasteiger partial charge is 0.493 e. The minimum atomic E-state index is 0.474. The van der Waals surface area contributed by atoms with Crippen LogP contribution in [-0.4, -0.2) is 34.1 Å². The summed E-state index contributed by atoms with van der Waals surface area (Å²) < 4.78 is 10.6. The molecule has 0 saturated carbocycles. The first kappa shape index (κ1) is 14.4. The van der Waals surface area contributed by atoms with Crippen molar-refractivity contribution in [1.29, 1.82) is 0 Å². The molecule has 0 aliphatic carbocycles. The quantitative estimate of drug-likeness (QED) is 0.813. The second kappa shape index (κ2) is 5.72. The molecule has 1 aliphatic rings. The van der Waals surface area contributed by atoms with E-state index < -0.39 is 0 Å². The molecule has 114 valence electrons. The number of carbonyl (C=O) groups excluding carboxylic acids is 1. The highest BCUT2D eigenvalue weighted by Crippen LogP contribution is 2.37. The third-order valence-electron chi connectivity index (χ3n) is 4.18. The molecule has 1 aliphatic heterocycles. The van der Waals surface area contributed by atoms with E-state index in [1.165, 1.54) is 18.4 Å². The number of aldehydes is 1. The van der Waals surface area contributed by atoms with Gasteiger partial charge in [0.05, 0.1) is 19.8 Å². The monoisotopic (exact) mass is 297 g/mol. The van der Waals surface area contributed by atoms with Crippen molar-refractivity contribution in [2.75, 3.05) is 32.7 Å². The Kier molecular flexibility index (Phi) is 3.75. The number of carbonyl (C=O) groups is 1.